The number of anilines is 1. The number of hydrogen-bond acceptors (Lipinski definition) is 4. The fourth-order valence-electron chi connectivity index (χ4n) is 3.04. The monoisotopic (exact) mass is 342 g/mol. The maximum Gasteiger partial charge on any atom is 0.223 e. The third-order valence-corrected chi connectivity index (χ3v) is 4.41. The molecule has 6 heteroatoms. The van der Waals surface area contributed by atoms with Gasteiger partial charge in [-0.1, -0.05) is 0 Å². The van der Waals surface area contributed by atoms with Gasteiger partial charge in [0.2, 0.25) is 5.91 Å². The minimum atomic E-state index is -0.266. The molecule has 1 fully saturated rings. The average molecular weight is 342 g/mol. The van der Waals surface area contributed by atoms with Crippen LogP contribution in [-0.4, -0.2) is 35.2 Å². The second-order valence-electron chi connectivity index (χ2n) is 6.71. The van der Waals surface area contributed by atoms with E-state index in [4.69, 9.17) is 0 Å². The highest BCUT2D eigenvalue weighted by Gasteiger charge is 2.26. The molecule has 0 bridgehead atoms. The van der Waals surface area contributed by atoms with Crippen molar-refractivity contribution in [2.75, 3.05) is 18.0 Å². The van der Waals surface area contributed by atoms with E-state index in [1.807, 2.05) is 26.0 Å². The van der Waals surface area contributed by atoms with Crippen molar-refractivity contribution in [1.82, 2.24) is 15.5 Å². The van der Waals surface area contributed by atoms with Gasteiger partial charge in [0.1, 0.15) is 5.82 Å². The summed E-state index contributed by atoms with van der Waals surface area (Å²) in [6.45, 7) is 5.54. The zero-order valence-electron chi connectivity index (χ0n) is 14.6. The molecule has 1 aromatic heterocycles. The van der Waals surface area contributed by atoms with Crippen LogP contribution in [0.15, 0.2) is 36.4 Å². The number of benzene rings is 1. The highest BCUT2D eigenvalue weighted by molar-refractivity contribution is 5.79. The van der Waals surface area contributed by atoms with E-state index in [1.165, 1.54) is 12.1 Å². The molecule has 1 saturated heterocycles. The number of piperidine rings is 1. The topological polar surface area (TPSA) is 58.1 Å². The van der Waals surface area contributed by atoms with Gasteiger partial charge in [0.15, 0.2) is 5.82 Å². The molecule has 2 aromatic rings. The van der Waals surface area contributed by atoms with E-state index in [1.54, 1.807) is 12.1 Å². The van der Waals surface area contributed by atoms with Crippen molar-refractivity contribution < 1.29 is 9.18 Å². The Balaban J connectivity index is 1.60. The van der Waals surface area contributed by atoms with Gasteiger partial charge in [-0.3, -0.25) is 4.79 Å². The Labute approximate surface area is 147 Å². The van der Waals surface area contributed by atoms with Gasteiger partial charge in [0.25, 0.3) is 0 Å². The minimum Gasteiger partial charge on any atom is -0.355 e. The number of halogens is 1. The Morgan fingerprint density at radius 3 is 2.36 bits per heavy atom. The van der Waals surface area contributed by atoms with Crippen LogP contribution in [0.25, 0.3) is 11.3 Å². The molecule has 2 heterocycles. The van der Waals surface area contributed by atoms with E-state index in [0.29, 0.717) is 0 Å². The number of nitrogens with one attached hydrogen (secondary N) is 1. The number of amides is 1. The molecule has 0 spiro atoms. The zero-order chi connectivity index (χ0) is 17.8. The van der Waals surface area contributed by atoms with Crippen LogP contribution in [0.2, 0.25) is 0 Å². The molecule has 1 N–H and O–H groups in total. The molecule has 5 nitrogen and oxygen atoms in total. The van der Waals surface area contributed by atoms with Gasteiger partial charge in [-0.2, -0.15) is 0 Å². The number of nitrogens with zero attached hydrogens (tertiary/aromatic N) is 3. The molecule has 0 unspecified atom stereocenters. The highest BCUT2D eigenvalue weighted by atomic mass is 19.1. The SMILES string of the molecule is CC(C)NC(=O)C1CCN(c2ccc(-c3ccc(F)cc3)nn2)CC1. The fraction of sp³-hybridized carbons (Fsp3) is 0.421. The lowest BCUT2D eigenvalue weighted by atomic mass is 9.95. The Kier molecular flexibility index (Phi) is 5.26. The number of carbonyl (C=O) groups is 1. The summed E-state index contributed by atoms with van der Waals surface area (Å²) in [4.78, 5) is 14.2. The third-order valence-electron chi connectivity index (χ3n) is 4.41. The molecule has 1 amide bonds. The summed E-state index contributed by atoms with van der Waals surface area (Å²) in [7, 11) is 0. The van der Waals surface area contributed by atoms with Gasteiger partial charge < -0.3 is 10.2 Å². The van der Waals surface area contributed by atoms with E-state index >= 15 is 0 Å². The molecule has 1 aromatic carbocycles. The summed E-state index contributed by atoms with van der Waals surface area (Å²) in [6, 6.07) is 10.2. The van der Waals surface area contributed by atoms with Gasteiger partial charge in [0, 0.05) is 30.6 Å². The van der Waals surface area contributed by atoms with Crippen molar-refractivity contribution in [3.05, 3.63) is 42.2 Å². The second-order valence-corrected chi connectivity index (χ2v) is 6.71. The van der Waals surface area contributed by atoms with E-state index in [9.17, 15) is 9.18 Å². The van der Waals surface area contributed by atoms with Crippen molar-refractivity contribution >= 4 is 11.7 Å². The molecule has 1 aliphatic heterocycles. The molecule has 25 heavy (non-hydrogen) atoms. The fourth-order valence-corrected chi connectivity index (χ4v) is 3.04. The second kappa shape index (κ2) is 7.59. The first-order valence-corrected chi connectivity index (χ1v) is 8.68. The van der Waals surface area contributed by atoms with Crippen LogP contribution in [0.5, 0.6) is 0 Å². The quantitative estimate of drug-likeness (QED) is 0.928. The molecule has 132 valence electrons. The Hall–Kier alpha value is -2.50. The van der Waals surface area contributed by atoms with Crippen LogP contribution in [0.3, 0.4) is 0 Å². The van der Waals surface area contributed by atoms with Crippen LogP contribution in [0.1, 0.15) is 26.7 Å². The normalized spacial score (nSPS) is 15.4. The number of rotatable bonds is 4. The number of hydrogen-bond donors (Lipinski definition) is 1. The smallest absolute Gasteiger partial charge is 0.223 e. The molecule has 0 radical (unpaired) electrons. The first-order chi connectivity index (χ1) is 12.0. The summed E-state index contributed by atoms with van der Waals surface area (Å²) >= 11 is 0. The maximum atomic E-state index is 13.0. The predicted octanol–water partition coefficient (Wildman–Crippen LogP) is 3.02. The average Bonchev–Trinajstić information content (AvgIpc) is 2.62. The standard InChI is InChI=1S/C19H23FN4O/c1-13(2)21-19(25)15-9-11-24(12-10-15)18-8-7-17(22-23-18)14-3-5-16(20)6-4-14/h3-8,13,15H,9-12H2,1-2H3,(H,21,25). The van der Waals surface area contributed by atoms with Gasteiger partial charge in [-0.15, -0.1) is 10.2 Å². The predicted molar refractivity (Wildman–Crippen MR) is 95.6 cm³/mol. The lowest BCUT2D eigenvalue weighted by Crippen LogP contribution is -2.42. The summed E-state index contributed by atoms with van der Waals surface area (Å²) in [5, 5.41) is 11.5. The van der Waals surface area contributed by atoms with Gasteiger partial charge in [-0.05, 0) is 63.1 Å². The lowest BCUT2D eigenvalue weighted by Gasteiger charge is -2.32. The van der Waals surface area contributed by atoms with E-state index in [2.05, 4.69) is 20.4 Å². The minimum absolute atomic E-state index is 0.0742. The highest BCUT2D eigenvalue weighted by Crippen LogP contribution is 2.23. The van der Waals surface area contributed by atoms with E-state index in [-0.39, 0.29) is 23.7 Å². The number of aromatic nitrogens is 2. The van der Waals surface area contributed by atoms with Crippen molar-refractivity contribution in [3.8, 4) is 11.3 Å². The van der Waals surface area contributed by atoms with Crippen molar-refractivity contribution in [1.29, 1.82) is 0 Å². The van der Waals surface area contributed by atoms with Crippen LogP contribution >= 0.6 is 0 Å². The first kappa shape index (κ1) is 17.3. The molecule has 0 aliphatic carbocycles. The molecule has 0 atom stereocenters. The summed E-state index contributed by atoms with van der Waals surface area (Å²) in [5.41, 5.74) is 1.56. The molecule has 0 saturated carbocycles. The largest absolute Gasteiger partial charge is 0.355 e. The summed E-state index contributed by atoms with van der Waals surface area (Å²) < 4.78 is 13.0. The van der Waals surface area contributed by atoms with Crippen LogP contribution in [0, 0.1) is 11.7 Å². The Bertz CT molecular complexity index is 707. The van der Waals surface area contributed by atoms with Crippen molar-refractivity contribution in [2.24, 2.45) is 5.92 Å². The van der Waals surface area contributed by atoms with Gasteiger partial charge in [-0.25, -0.2) is 4.39 Å². The van der Waals surface area contributed by atoms with Crippen molar-refractivity contribution in [3.63, 3.8) is 0 Å². The zero-order valence-corrected chi connectivity index (χ0v) is 14.6. The summed E-state index contributed by atoms with van der Waals surface area (Å²) in [5.74, 6) is 0.767. The first-order valence-electron chi connectivity index (χ1n) is 8.68. The molecule has 1 aliphatic rings. The van der Waals surface area contributed by atoms with E-state index < -0.39 is 0 Å². The van der Waals surface area contributed by atoms with Crippen LogP contribution < -0.4 is 10.2 Å². The number of carbonyl (C=O) groups excluding carboxylic acids is 1. The van der Waals surface area contributed by atoms with E-state index in [0.717, 1.165) is 43.0 Å². The van der Waals surface area contributed by atoms with Crippen LogP contribution in [-0.2, 0) is 4.79 Å². The molecular weight excluding hydrogens is 319 g/mol. The molecular formula is C19H23FN4O. The maximum absolute atomic E-state index is 13.0. The van der Waals surface area contributed by atoms with Gasteiger partial charge >= 0.3 is 0 Å². The molecule has 3 rings (SSSR count). The van der Waals surface area contributed by atoms with Crippen LogP contribution in [0.4, 0.5) is 10.2 Å². The van der Waals surface area contributed by atoms with Gasteiger partial charge in [0.05, 0.1) is 5.69 Å². The van der Waals surface area contributed by atoms with Crippen molar-refractivity contribution in [2.45, 2.75) is 32.7 Å². The third kappa shape index (κ3) is 4.32. The Morgan fingerprint density at radius 1 is 1.12 bits per heavy atom. The Morgan fingerprint density at radius 2 is 1.80 bits per heavy atom. The summed E-state index contributed by atoms with van der Waals surface area (Å²) in [6.07, 6.45) is 1.64. The lowest BCUT2D eigenvalue weighted by molar-refractivity contribution is -0.126.